The lowest BCUT2D eigenvalue weighted by Crippen LogP contribution is -3.29. The Morgan fingerprint density at radius 1 is 0.867 bits per heavy atom. The number of piperazine rings is 1. The van der Waals surface area contributed by atoms with Crippen LogP contribution in [0.4, 0.5) is 0 Å². The van der Waals surface area contributed by atoms with E-state index in [9.17, 15) is 0 Å². The predicted molar refractivity (Wildman–Crippen MR) is 115 cm³/mol. The number of aromatic nitrogens is 4. The van der Waals surface area contributed by atoms with Crippen LogP contribution < -0.4 is 9.80 Å². The molecule has 0 amide bonds. The molecule has 0 bridgehead atoms. The molecule has 0 radical (unpaired) electrons. The van der Waals surface area contributed by atoms with Crippen LogP contribution in [-0.4, -0.2) is 52.4 Å². The second-order valence-corrected chi connectivity index (χ2v) is 8.82. The van der Waals surface area contributed by atoms with Gasteiger partial charge in [-0.15, -0.1) is 5.10 Å². The van der Waals surface area contributed by atoms with Crippen molar-refractivity contribution in [2.24, 2.45) is 0 Å². The highest BCUT2D eigenvalue weighted by molar-refractivity contribution is 5.23. The maximum absolute atomic E-state index is 4.53. The van der Waals surface area contributed by atoms with E-state index in [1.54, 1.807) is 4.90 Å². The first-order valence-electron chi connectivity index (χ1n) is 11.4. The summed E-state index contributed by atoms with van der Waals surface area (Å²) in [5, 5.41) is 13.0. The van der Waals surface area contributed by atoms with Crippen LogP contribution in [0.1, 0.15) is 48.7 Å². The molecule has 2 aromatic carbocycles. The van der Waals surface area contributed by atoms with E-state index in [1.165, 1.54) is 63.0 Å². The van der Waals surface area contributed by atoms with Crippen molar-refractivity contribution in [1.29, 1.82) is 0 Å². The summed E-state index contributed by atoms with van der Waals surface area (Å²) in [6.45, 7) is 5.56. The van der Waals surface area contributed by atoms with Crippen LogP contribution >= 0.6 is 0 Å². The number of rotatable bonds is 6. The number of nitrogens with zero attached hydrogens (tertiary/aromatic N) is 4. The largest absolute Gasteiger partial charge is 0.323 e. The van der Waals surface area contributed by atoms with Crippen LogP contribution in [-0.2, 0) is 6.54 Å². The molecule has 5 rings (SSSR count). The Morgan fingerprint density at radius 2 is 1.53 bits per heavy atom. The van der Waals surface area contributed by atoms with Gasteiger partial charge in [0.25, 0.3) is 0 Å². The number of quaternary nitrogens is 2. The van der Waals surface area contributed by atoms with E-state index < -0.39 is 0 Å². The van der Waals surface area contributed by atoms with Gasteiger partial charge in [-0.2, -0.15) is 0 Å². The molecule has 2 fully saturated rings. The number of benzene rings is 2. The molecule has 1 atom stereocenters. The minimum Gasteiger partial charge on any atom is -0.323 e. The molecule has 1 saturated heterocycles. The fraction of sp³-hybridized carbons (Fsp3) is 0.458. The maximum Gasteiger partial charge on any atom is 0.214 e. The fourth-order valence-electron chi connectivity index (χ4n) is 5.42. The second kappa shape index (κ2) is 9.06. The van der Waals surface area contributed by atoms with Gasteiger partial charge in [-0.05, 0) is 41.7 Å². The summed E-state index contributed by atoms with van der Waals surface area (Å²) in [6.07, 6.45) is 5.68. The molecule has 0 spiro atoms. The molecular formula is C24H32N6+2. The van der Waals surface area contributed by atoms with Crippen LogP contribution in [0.3, 0.4) is 0 Å². The summed E-state index contributed by atoms with van der Waals surface area (Å²) in [5.41, 5.74) is 2.53. The average Bonchev–Trinajstić information content (AvgIpc) is 3.49. The average molecular weight is 405 g/mol. The van der Waals surface area contributed by atoms with E-state index in [2.05, 4.69) is 70.1 Å². The third-order valence-corrected chi connectivity index (χ3v) is 7.00. The summed E-state index contributed by atoms with van der Waals surface area (Å²) >= 11 is 0. The van der Waals surface area contributed by atoms with Crippen molar-refractivity contribution in [3.8, 4) is 0 Å². The first kappa shape index (κ1) is 19.4. The zero-order chi connectivity index (χ0) is 20.2. The van der Waals surface area contributed by atoms with Crippen LogP contribution in [0.25, 0.3) is 0 Å². The van der Waals surface area contributed by atoms with Crippen LogP contribution in [0.15, 0.2) is 60.7 Å². The van der Waals surface area contributed by atoms with Gasteiger partial charge in [0.15, 0.2) is 6.04 Å². The molecule has 2 heterocycles. The lowest BCUT2D eigenvalue weighted by atomic mass is 10.0. The van der Waals surface area contributed by atoms with Crippen LogP contribution in [0.5, 0.6) is 0 Å². The monoisotopic (exact) mass is 404 g/mol. The van der Waals surface area contributed by atoms with Crippen molar-refractivity contribution in [1.82, 2.24) is 20.2 Å². The predicted octanol–water partition coefficient (Wildman–Crippen LogP) is 0.537. The Balaban J connectivity index is 1.39. The standard InChI is InChI=1S/C24H30N6/c1-3-9-20(10-4-1)19-30-24(25-26-27-30)23(21-11-5-2-6-12-21)29-17-15-28(16-18-29)22-13-7-8-14-22/h1-6,9-12,22-23H,7-8,13-19H2/p+2/t23-/m0/s1. The number of tetrazole rings is 1. The number of nitrogens with one attached hydrogen (secondary N) is 2. The highest BCUT2D eigenvalue weighted by Gasteiger charge is 2.37. The molecule has 0 unspecified atom stereocenters. The van der Waals surface area contributed by atoms with E-state index in [0.717, 1.165) is 11.9 Å². The normalized spacial score (nSPS) is 23.5. The van der Waals surface area contributed by atoms with Gasteiger partial charge in [0, 0.05) is 5.56 Å². The molecule has 1 aliphatic heterocycles. The number of hydrogen-bond donors (Lipinski definition) is 2. The van der Waals surface area contributed by atoms with Gasteiger partial charge in [0.2, 0.25) is 5.82 Å². The quantitative estimate of drug-likeness (QED) is 0.631. The smallest absolute Gasteiger partial charge is 0.214 e. The Morgan fingerprint density at radius 3 is 2.23 bits per heavy atom. The van der Waals surface area contributed by atoms with Crippen molar-refractivity contribution in [2.45, 2.75) is 44.3 Å². The van der Waals surface area contributed by atoms with Gasteiger partial charge in [-0.1, -0.05) is 60.7 Å². The first-order chi connectivity index (χ1) is 14.9. The molecule has 1 aromatic heterocycles. The molecule has 3 aromatic rings. The van der Waals surface area contributed by atoms with E-state index in [1.807, 2.05) is 15.6 Å². The molecule has 6 heteroatoms. The van der Waals surface area contributed by atoms with Crippen molar-refractivity contribution in [3.63, 3.8) is 0 Å². The minimum absolute atomic E-state index is 0.176. The zero-order valence-electron chi connectivity index (χ0n) is 17.6. The summed E-state index contributed by atoms with van der Waals surface area (Å²) in [5.74, 6) is 0.976. The van der Waals surface area contributed by atoms with E-state index in [4.69, 9.17) is 0 Å². The van der Waals surface area contributed by atoms with Crippen molar-refractivity contribution < 1.29 is 9.80 Å². The van der Waals surface area contributed by atoms with Gasteiger partial charge in [0.1, 0.15) is 26.2 Å². The third kappa shape index (κ3) is 4.16. The molecule has 2 aliphatic rings. The number of hydrogen-bond acceptors (Lipinski definition) is 3. The SMILES string of the molecule is c1ccc(Cn2nnnc2[C@H](c2ccccc2)[NH+]2CC[NH+](C3CCCC3)CC2)cc1. The molecular weight excluding hydrogens is 372 g/mol. The second-order valence-electron chi connectivity index (χ2n) is 8.82. The Hall–Kier alpha value is -2.57. The van der Waals surface area contributed by atoms with Crippen LogP contribution in [0.2, 0.25) is 0 Å². The van der Waals surface area contributed by atoms with E-state index >= 15 is 0 Å². The van der Waals surface area contributed by atoms with Crippen molar-refractivity contribution in [2.75, 3.05) is 26.2 Å². The topological polar surface area (TPSA) is 52.5 Å². The Labute approximate surface area is 178 Å². The van der Waals surface area contributed by atoms with Crippen molar-refractivity contribution in [3.05, 3.63) is 77.6 Å². The van der Waals surface area contributed by atoms with E-state index in [0.29, 0.717) is 6.54 Å². The maximum atomic E-state index is 4.53. The molecule has 2 N–H and O–H groups in total. The molecule has 30 heavy (non-hydrogen) atoms. The van der Waals surface area contributed by atoms with Crippen LogP contribution in [0, 0.1) is 0 Å². The van der Waals surface area contributed by atoms with Gasteiger partial charge in [0.05, 0.1) is 12.6 Å². The van der Waals surface area contributed by atoms with E-state index in [-0.39, 0.29) is 6.04 Å². The van der Waals surface area contributed by atoms with Gasteiger partial charge >= 0.3 is 0 Å². The highest BCUT2D eigenvalue weighted by atomic mass is 15.6. The summed E-state index contributed by atoms with van der Waals surface area (Å²) in [6, 6.07) is 22.4. The van der Waals surface area contributed by atoms with Gasteiger partial charge in [-0.25, -0.2) is 4.68 Å². The Kier molecular flexibility index (Phi) is 5.86. The molecule has 1 aliphatic carbocycles. The summed E-state index contributed by atoms with van der Waals surface area (Å²) in [4.78, 5) is 3.42. The van der Waals surface area contributed by atoms with Crippen molar-refractivity contribution >= 4 is 0 Å². The molecule has 6 nitrogen and oxygen atoms in total. The molecule has 1 saturated carbocycles. The summed E-state index contributed by atoms with van der Waals surface area (Å²) in [7, 11) is 0. The van der Waals surface area contributed by atoms with Gasteiger partial charge < -0.3 is 9.80 Å². The van der Waals surface area contributed by atoms with Gasteiger partial charge in [-0.3, -0.25) is 0 Å². The lowest BCUT2D eigenvalue weighted by molar-refractivity contribution is -1.03. The molecule has 156 valence electrons. The fourth-order valence-corrected chi connectivity index (χ4v) is 5.42. The summed E-state index contributed by atoms with van der Waals surface area (Å²) < 4.78 is 2.00. The first-order valence-corrected chi connectivity index (χ1v) is 11.4. The third-order valence-electron chi connectivity index (χ3n) is 7.00. The lowest BCUT2D eigenvalue weighted by Gasteiger charge is -2.36. The Bertz CT molecular complexity index is 911. The zero-order valence-corrected chi connectivity index (χ0v) is 17.6. The minimum atomic E-state index is 0.176. The highest BCUT2D eigenvalue weighted by Crippen LogP contribution is 2.18.